The summed E-state index contributed by atoms with van der Waals surface area (Å²) < 4.78 is 25.7. The van der Waals surface area contributed by atoms with E-state index in [1.54, 1.807) is 54.6 Å². The molecule has 6 nitrogen and oxygen atoms in total. The molecule has 4 aromatic rings. The van der Waals surface area contributed by atoms with Crippen molar-refractivity contribution in [3.63, 3.8) is 0 Å². The van der Waals surface area contributed by atoms with Gasteiger partial charge in [-0.25, -0.2) is 4.39 Å². The molecule has 0 bridgehead atoms. The van der Waals surface area contributed by atoms with Gasteiger partial charge in [0.1, 0.15) is 23.0 Å². The van der Waals surface area contributed by atoms with Crippen LogP contribution in [0.2, 0.25) is 5.02 Å². The topological polar surface area (TPSA) is 79.4 Å². The Balaban J connectivity index is 1.65. The molecule has 0 radical (unpaired) electrons. The molecule has 0 amide bonds. The van der Waals surface area contributed by atoms with E-state index in [0.717, 1.165) is 11.1 Å². The molecule has 8 heteroatoms. The SMILES string of the molecule is COc1cc(F)ccc1-c1ccc(Oc2c(N)cnn(-c3ccc(Cl)cc3)c2=O)cc1. The fourth-order valence-electron chi connectivity index (χ4n) is 3.04. The molecule has 4 rings (SSSR count). The summed E-state index contributed by atoms with van der Waals surface area (Å²) in [6.07, 6.45) is 1.35. The predicted octanol–water partition coefficient (Wildman–Crippen LogP) is 5.08. The quantitative estimate of drug-likeness (QED) is 0.471. The van der Waals surface area contributed by atoms with Gasteiger partial charge in [-0.05, 0) is 54.1 Å². The van der Waals surface area contributed by atoms with Crippen molar-refractivity contribution in [3.05, 3.63) is 94.1 Å². The molecule has 0 unspecified atom stereocenters. The zero-order valence-electron chi connectivity index (χ0n) is 16.4. The van der Waals surface area contributed by atoms with Crippen LogP contribution in [0, 0.1) is 5.82 Å². The second kappa shape index (κ2) is 8.49. The van der Waals surface area contributed by atoms with Gasteiger partial charge in [-0.2, -0.15) is 9.78 Å². The van der Waals surface area contributed by atoms with Crippen LogP contribution in [-0.4, -0.2) is 16.9 Å². The molecular formula is C23H17ClFN3O3. The Kier molecular flexibility index (Phi) is 5.60. The molecular weight excluding hydrogens is 421 g/mol. The number of nitrogens with zero attached hydrogens (tertiary/aromatic N) is 2. The Hall–Kier alpha value is -3.84. The first-order chi connectivity index (χ1) is 15.0. The molecule has 156 valence electrons. The number of ether oxygens (including phenoxy) is 2. The van der Waals surface area contributed by atoms with Gasteiger partial charge in [-0.15, -0.1) is 0 Å². The lowest BCUT2D eigenvalue weighted by molar-refractivity contribution is 0.413. The molecule has 1 heterocycles. The van der Waals surface area contributed by atoms with Crippen LogP contribution < -0.4 is 20.8 Å². The van der Waals surface area contributed by atoms with Crippen LogP contribution in [0.15, 0.2) is 77.7 Å². The Morgan fingerprint density at radius 2 is 1.74 bits per heavy atom. The number of nitrogens with two attached hydrogens (primary N) is 1. The van der Waals surface area contributed by atoms with E-state index in [0.29, 0.717) is 22.2 Å². The van der Waals surface area contributed by atoms with E-state index in [2.05, 4.69) is 5.10 Å². The van der Waals surface area contributed by atoms with E-state index in [4.69, 9.17) is 26.8 Å². The first-order valence-electron chi connectivity index (χ1n) is 9.22. The molecule has 0 saturated heterocycles. The number of benzene rings is 3. The maximum absolute atomic E-state index is 13.5. The normalized spacial score (nSPS) is 10.7. The summed E-state index contributed by atoms with van der Waals surface area (Å²) in [6, 6.07) is 17.9. The van der Waals surface area contributed by atoms with Gasteiger partial charge in [-0.1, -0.05) is 23.7 Å². The second-order valence-corrected chi connectivity index (χ2v) is 7.03. The first kappa shape index (κ1) is 20.4. The maximum atomic E-state index is 13.5. The third-order valence-electron chi connectivity index (χ3n) is 4.58. The van der Waals surface area contributed by atoms with Crippen molar-refractivity contribution < 1.29 is 13.9 Å². The summed E-state index contributed by atoms with van der Waals surface area (Å²) in [5.41, 5.74) is 7.59. The third-order valence-corrected chi connectivity index (χ3v) is 4.83. The molecule has 0 aliphatic rings. The van der Waals surface area contributed by atoms with Gasteiger partial charge < -0.3 is 15.2 Å². The van der Waals surface area contributed by atoms with Crippen LogP contribution in [0.5, 0.6) is 17.2 Å². The maximum Gasteiger partial charge on any atom is 0.316 e. The lowest BCUT2D eigenvalue weighted by atomic mass is 10.0. The summed E-state index contributed by atoms with van der Waals surface area (Å²) in [7, 11) is 1.48. The van der Waals surface area contributed by atoms with Gasteiger partial charge in [0.05, 0.1) is 19.0 Å². The third kappa shape index (κ3) is 4.22. The van der Waals surface area contributed by atoms with Crippen LogP contribution in [0.3, 0.4) is 0 Å². The highest BCUT2D eigenvalue weighted by molar-refractivity contribution is 6.30. The lowest BCUT2D eigenvalue weighted by Gasteiger charge is -2.12. The highest BCUT2D eigenvalue weighted by Gasteiger charge is 2.14. The minimum atomic E-state index is -0.508. The van der Waals surface area contributed by atoms with Crippen molar-refractivity contribution in [2.45, 2.75) is 0 Å². The standard InChI is InChI=1S/C23H17ClFN3O3/c1-30-21-12-16(25)6-11-19(21)14-2-9-18(10-3-14)31-22-20(26)13-27-28(23(22)29)17-7-4-15(24)5-8-17/h2-13H,26H2,1H3. The van der Waals surface area contributed by atoms with Crippen molar-refractivity contribution >= 4 is 17.3 Å². The van der Waals surface area contributed by atoms with E-state index in [-0.39, 0.29) is 17.3 Å². The van der Waals surface area contributed by atoms with E-state index in [1.807, 2.05) is 0 Å². The van der Waals surface area contributed by atoms with Crippen LogP contribution in [0.4, 0.5) is 10.1 Å². The monoisotopic (exact) mass is 437 g/mol. The highest BCUT2D eigenvalue weighted by Crippen LogP contribution is 2.32. The molecule has 0 atom stereocenters. The van der Waals surface area contributed by atoms with Crippen molar-refractivity contribution in [3.8, 4) is 34.1 Å². The number of hydrogen-bond acceptors (Lipinski definition) is 5. The number of hydrogen-bond donors (Lipinski definition) is 1. The predicted molar refractivity (Wildman–Crippen MR) is 118 cm³/mol. The molecule has 2 N–H and O–H groups in total. The minimum Gasteiger partial charge on any atom is -0.496 e. The number of methoxy groups -OCH3 is 1. The van der Waals surface area contributed by atoms with Crippen LogP contribution in [-0.2, 0) is 0 Å². The van der Waals surface area contributed by atoms with E-state index >= 15 is 0 Å². The fraction of sp³-hybridized carbons (Fsp3) is 0.0435. The number of anilines is 1. The summed E-state index contributed by atoms with van der Waals surface area (Å²) >= 11 is 5.91. The first-order valence-corrected chi connectivity index (χ1v) is 9.59. The molecule has 31 heavy (non-hydrogen) atoms. The van der Waals surface area contributed by atoms with Gasteiger partial charge in [0, 0.05) is 16.7 Å². The smallest absolute Gasteiger partial charge is 0.316 e. The average Bonchev–Trinajstić information content (AvgIpc) is 2.78. The van der Waals surface area contributed by atoms with Crippen molar-refractivity contribution in [2.75, 3.05) is 12.8 Å². The van der Waals surface area contributed by atoms with Crippen molar-refractivity contribution in [2.24, 2.45) is 0 Å². The summed E-state index contributed by atoms with van der Waals surface area (Å²) in [4.78, 5) is 12.9. The van der Waals surface area contributed by atoms with Gasteiger partial charge in [0.25, 0.3) is 0 Å². The molecule has 0 fully saturated rings. The summed E-state index contributed by atoms with van der Waals surface area (Å²) in [6.45, 7) is 0. The van der Waals surface area contributed by atoms with E-state index < -0.39 is 5.56 Å². The Morgan fingerprint density at radius 3 is 2.42 bits per heavy atom. The molecule has 3 aromatic carbocycles. The van der Waals surface area contributed by atoms with E-state index in [9.17, 15) is 9.18 Å². The molecule has 0 aliphatic carbocycles. The number of aromatic nitrogens is 2. The van der Waals surface area contributed by atoms with E-state index in [1.165, 1.54) is 30.1 Å². The molecule has 0 aliphatic heterocycles. The summed E-state index contributed by atoms with van der Waals surface area (Å²) in [5.74, 6) is 0.392. The zero-order chi connectivity index (χ0) is 22.0. The van der Waals surface area contributed by atoms with Gasteiger partial charge >= 0.3 is 5.56 Å². The van der Waals surface area contributed by atoms with Gasteiger partial charge in [0.15, 0.2) is 0 Å². The largest absolute Gasteiger partial charge is 0.496 e. The van der Waals surface area contributed by atoms with Crippen molar-refractivity contribution in [1.29, 1.82) is 0 Å². The summed E-state index contributed by atoms with van der Waals surface area (Å²) in [5, 5.41) is 4.61. The number of halogens is 2. The minimum absolute atomic E-state index is 0.0444. The fourth-order valence-corrected chi connectivity index (χ4v) is 3.17. The highest BCUT2D eigenvalue weighted by atomic mass is 35.5. The van der Waals surface area contributed by atoms with Gasteiger partial charge in [-0.3, -0.25) is 4.79 Å². The molecule has 0 saturated carbocycles. The molecule has 1 aromatic heterocycles. The second-order valence-electron chi connectivity index (χ2n) is 6.59. The van der Waals surface area contributed by atoms with Crippen LogP contribution in [0.25, 0.3) is 16.8 Å². The van der Waals surface area contributed by atoms with Crippen LogP contribution in [0.1, 0.15) is 0 Å². The van der Waals surface area contributed by atoms with Gasteiger partial charge in [0.2, 0.25) is 5.75 Å². The Morgan fingerprint density at radius 1 is 1.03 bits per heavy atom. The van der Waals surface area contributed by atoms with Crippen molar-refractivity contribution in [1.82, 2.24) is 9.78 Å². The number of rotatable bonds is 5. The lowest BCUT2D eigenvalue weighted by Crippen LogP contribution is -2.23. The average molecular weight is 438 g/mol. The molecule has 0 spiro atoms. The van der Waals surface area contributed by atoms with Crippen LogP contribution >= 0.6 is 11.6 Å². The Bertz CT molecular complexity index is 1290. The Labute approximate surface area is 182 Å². The number of nitrogen functional groups attached to an aromatic ring is 1. The zero-order valence-corrected chi connectivity index (χ0v) is 17.1.